The maximum absolute atomic E-state index is 15.3. The van der Waals surface area contributed by atoms with E-state index in [0.717, 1.165) is 36.1 Å². The molecule has 0 amide bonds. The normalized spacial score (nSPS) is 27.2. The van der Waals surface area contributed by atoms with Gasteiger partial charge in [-0.25, -0.2) is 13.8 Å². The molecule has 4 aliphatic rings. The number of rotatable bonds is 5. The second-order valence-corrected chi connectivity index (χ2v) is 9.95. The van der Waals surface area contributed by atoms with Gasteiger partial charge in [-0.2, -0.15) is 0 Å². The number of alkyl halides is 2. The van der Waals surface area contributed by atoms with Crippen LogP contribution >= 0.6 is 0 Å². The number of allylic oxidation sites excluding steroid dienone is 3. The molecule has 0 unspecified atom stereocenters. The molecule has 7 nitrogen and oxygen atoms in total. The molecule has 0 spiro atoms. The molecule has 6 rings (SSSR count). The number of aromatic hydroxyl groups is 1. The zero-order valence-corrected chi connectivity index (χ0v) is 19.5. The van der Waals surface area contributed by atoms with Gasteiger partial charge in [0, 0.05) is 36.6 Å². The van der Waals surface area contributed by atoms with E-state index in [1.807, 2.05) is 36.4 Å². The summed E-state index contributed by atoms with van der Waals surface area (Å²) in [4.78, 5) is 8.07. The van der Waals surface area contributed by atoms with Crippen molar-refractivity contribution in [2.45, 2.75) is 62.2 Å². The minimum Gasteiger partial charge on any atom is -0.507 e. The molecule has 4 heterocycles. The molecule has 35 heavy (non-hydrogen) atoms. The molecule has 1 aromatic heterocycles. The number of nitrogens with zero attached hydrogens (tertiary/aromatic N) is 5. The summed E-state index contributed by atoms with van der Waals surface area (Å²) in [5.41, 5.74) is 3.51. The Hall–Kier alpha value is -3.33. The van der Waals surface area contributed by atoms with Crippen LogP contribution in [-0.2, 0) is 0 Å². The van der Waals surface area contributed by atoms with Crippen LogP contribution in [0.4, 0.5) is 14.7 Å². The standard InChI is InChI=1S/C26H28F2N6O/c1-15-11-17(9-10-33(15)2)16-3-7-20(22(35)12-16)21-14-29-25(32-31-21)34(19-5-6-19)24-13-18-4-8-23(30-18)26(24,27)28/h3,7,9-12,14,18-19,23-24,30,35H,1,4-6,8,13H2,2H3/t18-,23-,24-/m0/s1. The van der Waals surface area contributed by atoms with Gasteiger partial charge in [0.25, 0.3) is 5.92 Å². The summed E-state index contributed by atoms with van der Waals surface area (Å²) in [6.45, 7) is 4.01. The summed E-state index contributed by atoms with van der Waals surface area (Å²) in [6.07, 6.45) is 10.7. The monoisotopic (exact) mass is 478 g/mol. The first-order chi connectivity index (χ1) is 16.8. The van der Waals surface area contributed by atoms with Gasteiger partial charge in [0.15, 0.2) is 0 Å². The SMILES string of the molecule is C=C1C=C(c2ccc(-c3cnc(N(C4CC4)[C@H]4C[C@@H]5CC[C@H](N5)C4(F)F)nn3)c(O)c2)C=CN1C. The van der Waals surface area contributed by atoms with Crippen molar-refractivity contribution >= 4 is 11.5 Å². The molecule has 0 radical (unpaired) electrons. The lowest BCUT2D eigenvalue weighted by Crippen LogP contribution is -2.63. The number of piperidine rings is 1. The fourth-order valence-electron chi connectivity index (χ4n) is 5.41. The van der Waals surface area contributed by atoms with Crippen LogP contribution < -0.4 is 10.2 Å². The Kier molecular flexibility index (Phi) is 5.14. The predicted molar refractivity (Wildman–Crippen MR) is 130 cm³/mol. The maximum Gasteiger partial charge on any atom is 0.283 e. The van der Waals surface area contributed by atoms with E-state index in [1.165, 1.54) is 6.20 Å². The molecular formula is C26H28F2N6O. The molecular weight excluding hydrogens is 450 g/mol. The van der Waals surface area contributed by atoms with Crippen LogP contribution in [0.15, 0.2) is 55.0 Å². The zero-order valence-electron chi connectivity index (χ0n) is 19.5. The summed E-state index contributed by atoms with van der Waals surface area (Å²) >= 11 is 0. The molecule has 3 fully saturated rings. The first-order valence-electron chi connectivity index (χ1n) is 12.1. The average molecular weight is 479 g/mol. The first-order valence-corrected chi connectivity index (χ1v) is 12.1. The van der Waals surface area contributed by atoms with Gasteiger partial charge in [0.05, 0.1) is 18.3 Å². The van der Waals surface area contributed by atoms with E-state index in [9.17, 15) is 5.11 Å². The zero-order chi connectivity index (χ0) is 24.3. The number of likely N-dealkylation sites (N-methyl/N-ethyl adjacent to an activating group) is 1. The molecule has 3 aliphatic heterocycles. The molecule has 2 saturated heterocycles. The Morgan fingerprint density at radius 2 is 2.03 bits per heavy atom. The molecule has 2 aromatic rings. The Morgan fingerprint density at radius 1 is 1.20 bits per heavy atom. The van der Waals surface area contributed by atoms with E-state index in [0.29, 0.717) is 24.1 Å². The van der Waals surface area contributed by atoms with Crippen LogP contribution in [0.2, 0.25) is 0 Å². The predicted octanol–water partition coefficient (Wildman–Crippen LogP) is 4.10. The smallest absolute Gasteiger partial charge is 0.283 e. The second kappa shape index (κ2) is 8.12. The fourth-order valence-corrected chi connectivity index (χ4v) is 5.41. The van der Waals surface area contributed by atoms with Crippen molar-refractivity contribution in [3.05, 3.63) is 60.6 Å². The number of halogens is 2. The van der Waals surface area contributed by atoms with E-state index in [4.69, 9.17) is 0 Å². The molecule has 1 aromatic carbocycles. The van der Waals surface area contributed by atoms with Gasteiger partial charge in [0.2, 0.25) is 5.95 Å². The number of hydrogen-bond donors (Lipinski definition) is 2. The van der Waals surface area contributed by atoms with Crippen molar-refractivity contribution < 1.29 is 13.9 Å². The van der Waals surface area contributed by atoms with E-state index < -0.39 is 18.0 Å². The molecule has 1 aliphatic carbocycles. The number of benzene rings is 1. The van der Waals surface area contributed by atoms with E-state index in [1.54, 1.807) is 17.0 Å². The van der Waals surface area contributed by atoms with Gasteiger partial charge in [-0.15, -0.1) is 10.2 Å². The van der Waals surface area contributed by atoms with Gasteiger partial charge in [-0.05, 0) is 67.5 Å². The molecule has 9 heteroatoms. The number of anilines is 1. The second-order valence-electron chi connectivity index (χ2n) is 9.95. The molecule has 1 saturated carbocycles. The summed E-state index contributed by atoms with van der Waals surface area (Å²) in [6, 6.07) is 3.74. The topological polar surface area (TPSA) is 77.4 Å². The molecule has 3 atom stereocenters. The highest BCUT2D eigenvalue weighted by Crippen LogP contribution is 2.45. The van der Waals surface area contributed by atoms with Gasteiger partial charge < -0.3 is 20.2 Å². The van der Waals surface area contributed by atoms with Crippen LogP contribution in [0.5, 0.6) is 5.75 Å². The van der Waals surface area contributed by atoms with Crippen LogP contribution in [0, 0.1) is 0 Å². The number of fused-ring (bicyclic) bond motifs is 2. The third-order valence-electron chi connectivity index (χ3n) is 7.57. The lowest BCUT2D eigenvalue weighted by atomic mass is 9.93. The number of phenolic OH excluding ortho intramolecular Hbond substituents is 1. The van der Waals surface area contributed by atoms with Crippen molar-refractivity contribution in [3.63, 3.8) is 0 Å². The van der Waals surface area contributed by atoms with Crippen molar-refractivity contribution in [2.24, 2.45) is 0 Å². The molecule has 182 valence electrons. The van der Waals surface area contributed by atoms with Gasteiger partial charge >= 0.3 is 0 Å². The van der Waals surface area contributed by atoms with E-state index in [2.05, 4.69) is 27.1 Å². The van der Waals surface area contributed by atoms with Crippen LogP contribution in [0.25, 0.3) is 16.8 Å². The van der Waals surface area contributed by atoms with Crippen LogP contribution in [-0.4, -0.2) is 62.3 Å². The average Bonchev–Trinajstić information content (AvgIpc) is 3.58. The lowest BCUT2D eigenvalue weighted by molar-refractivity contribution is -0.0745. The van der Waals surface area contributed by atoms with Crippen molar-refractivity contribution in [1.29, 1.82) is 0 Å². The number of hydrogen-bond acceptors (Lipinski definition) is 7. The maximum atomic E-state index is 15.3. The minimum atomic E-state index is -2.85. The summed E-state index contributed by atoms with van der Waals surface area (Å²) in [5, 5.41) is 22.3. The highest BCUT2D eigenvalue weighted by molar-refractivity contribution is 5.80. The third kappa shape index (κ3) is 3.87. The third-order valence-corrected chi connectivity index (χ3v) is 7.57. The quantitative estimate of drug-likeness (QED) is 0.670. The van der Waals surface area contributed by atoms with Crippen molar-refractivity contribution in [1.82, 2.24) is 25.4 Å². The lowest BCUT2D eigenvalue weighted by Gasteiger charge is -2.43. The van der Waals surface area contributed by atoms with Crippen LogP contribution in [0.1, 0.15) is 37.7 Å². The number of phenols is 1. The van der Waals surface area contributed by atoms with E-state index in [-0.39, 0.29) is 23.8 Å². The minimum absolute atomic E-state index is 0.0225. The highest BCUT2D eigenvalue weighted by Gasteiger charge is 2.58. The van der Waals surface area contributed by atoms with Gasteiger partial charge in [-0.3, -0.25) is 0 Å². The van der Waals surface area contributed by atoms with E-state index >= 15 is 8.78 Å². The summed E-state index contributed by atoms with van der Waals surface area (Å²) < 4.78 is 30.6. The number of nitrogens with one attached hydrogen (secondary N) is 1. The summed E-state index contributed by atoms with van der Waals surface area (Å²) in [5.74, 6) is -2.57. The van der Waals surface area contributed by atoms with Crippen molar-refractivity contribution in [2.75, 3.05) is 11.9 Å². The Balaban J connectivity index is 1.26. The molecule has 2 bridgehead atoms. The number of aromatic nitrogens is 3. The highest BCUT2D eigenvalue weighted by atomic mass is 19.3. The van der Waals surface area contributed by atoms with Crippen molar-refractivity contribution in [3.8, 4) is 17.0 Å². The summed E-state index contributed by atoms with van der Waals surface area (Å²) in [7, 11) is 1.92. The van der Waals surface area contributed by atoms with Crippen LogP contribution in [0.3, 0.4) is 0 Å². The Labute approximate surface area is 202 Å². The Bertz CT molecular complexity index is 1220. The fraction of sp³-hybridized carbons (Fsp3) is 0.423. The van der Waals surface area contributed by atoms with Gasteiger partial charge in [0.1, 0.15) is 11.4 Å². The largest absolute Gasteiger partial charge is 0.507 e. The Morgan fingerprint density at radius 3 is 2.71 bits per heavy atom. The van der Waals surface area contributed by atoms with Gasteiger partial charge in [-0.1, -0.05) is 12.6 Å². The first kappa shape index (κ1) is 22.2. The molecule has 2 N–H and O–H groups in total.